The maximum atomic E-state index is 11.2. The molecule has 5 rings (SSSR count). The Hall–Kier alpha value is -2.83. The summed E-state index contributed by atoms with van der Waals surface area (Å²) < 4.78 is 18.7. The van der Waals surface area contributed by atoms with Gasteiger partial charge in [0.1, 0.15) is 0 Å². The Kier molecular flexibility index (Phi) is 4.15. The van der Waals surface area contributed by atoms with Crippen LogP contribution in [-0.2, 0) is 16.9 Å². The molecule has 0 amide bonds. The van der Waals surface area contributed by atoms with E-state index in [4.69, 9.17) is 19.2 Å². The molecule has 0 bridgehead atoms. The minimum absolute atomic E-state index is 0.506. The highest BCUT2D eigenvalue weighted by atomic mass is 16.5. The largest absolute Gasteiger partial charge is 0.493 e. The monoisotopic (exact) mass is 392 g/mol. The average Bonchev–Trinajstić information content (AvgIpc) is 3.00. The third-order valence-electron chi connectivity index (χ3n) is 6.07. The molecule has 6 heteroatoms. The Bertz CT molecular complexity index is 1250. The molecule has 1 aromatic carbocycles. The second-order valence-electron chi connectivity index (χ2n) is 7.65. The van der Waals surface area contributed by atoms with Crippen LogP contribution in [0.3, 0.4) is 0 Å². The van der Waals surface area contributed by atoms with Crippen LogP contribution in [0, 0.1) is 0 Å². The summed E-state index contributed by atoms with van der Waals surface area (Å²) in [5.41, 5.74) is 3.80. The van der Waals surface area contributed by atoms with E-state index in [9.17, 15) is 5.11 Å². The minimum atomic E-state index is -0.877. The molecule has 0 aliphatic carbocycles. The number of methoxy groups -OCH3 is 2. The molecule has 0 fully saturated rings. The summed E-state index contributed by atoms with van der Waals surface area (Å²) in [5, 5.41) is 13.3. The van der Waals surface area contributed by atoms with Gasteiger partial charge >= 0.3 is 0 Å². The van der Waals surface area contributed by atoms with Gasteiger partial charge in [-0.2, -0.15) is 0 Å². The number of aliphatic hydroxyl groups is 1. The Morgan fingerprint density at radius 3 is 2.66 bits per heavy atom. The molecule has 1 aliphatic heterocycles. The lowest BCUT2D eigenvalue weighted by atomic mass is 9.86. The van der Waals surface area contributed by atoms with Crippen molar-refractivity contribution in [3.8, 4) is 11.5 Å². The first-order valence-electron chi connectivity index (χ1n) is 9.87. The molecule has 4 heterocycles. The van der Waals surface area contributed by atoms with Gasteiger partial charge in [-0.25, -0.2) is 4.98 Å². The Morgan fingerprint density at radius 2 is 1.90 bits per heavy atom. The Balaban J connectivity index is 1.80. The summed E-state index contributed by atoms with van der Waals surface area (Å²) >= 11 is 0. The molecule has 3 aromatic heterocycles. The third-order valence-corrected chi connectivity index (χ3v) is 6.07. The predicted octanol–water partition coefficient (Wildman–Crippen LogP) is 4.18. The van der Waals surface area contributed by atoms with Gasteiger partial charge in [-0.15, -0.1) is 0 Å². The van der Waals surface area contributed by atoms with Gasteiger partial charge in [0.05, 0.1) is 49.6 Å². The molecule has 0 saturated heterocycles. The molecular formula is C23H24N2O4. The molecule has 150 valence electrons. The van der Waals surface area contributed by atoms with Crippen LogP contribution in [0.2, 0.25) is 0 Å². The Morgan fingerprint density at radius 1 is 1.10 bits per heavy atom. The van der Waals surface area contributed by atoms with Gasteiger partial charge in [0, 0.05) is 41.2 Å². The summed E-state index contributed by atoms with van der Waals surface area (Å²) in [6.07, 6.45) is 5.37. The summed E-state index contributed by atoms with van der Waals surface area (Å²) in [4.78, 5) is 4.93. The fraction of sp³-hybridized carbons (Fsp3) is 0.348. The van der Waals surface area contributed by atoms with E-state index < -0.39 is 5.60 Å². The zero-order valence-corrected chi connectivity index (χ0v) is 16.9. The SMILES string of the molecule is CCC1(O)CCOCc2cn3cc4cc5cc(OC)c(OC)cc5nc4c3cc21. The minimum Gasteiger partial charge on any atom is -0.493 e. The number of ether oxygens (including phenoxy) is 3. The topological polar surface area (TPSA) is 65.2 Å². The van der Waals surface area contributed by atoms with Crippen molar-refractivity contribution in [2.45, 2.75) is 32.0 Å². The zero-order chi connectivity index (χ0) is 20.2. The van der Waals surface area contributed by atoms with Crippen molar-refractivity contribution in [2.24, 2.45) is 0 Å². The molecule has 0 saturated carbocycles. The van der Waals surface area contributed by atoms with Crippen LogP contribution >= 0.6 is 0 Å². The summed E-state index contributed by atoms with van der Waals surface area (Å²) in [6.45, 7) is 3.08. The van der Waals surface area contributed by atoms with Gasteiger partial charge in [0.2, 0.25) is 0 Å². The number of fused-ring (bicyclic) bond motifs is 5. The second-order valence-corrected chi connectivity index (χ2v) is 7.65. The van der Waals surface area contributed by atoms with Crippen molar-refractivity contribution in [1.29, 1.82) is 0 Å². The molecule has 4 aromatic rings. The fourth-order valence-electron chi connectivity index (χ4n) is 4.35. The van der Waals surface area contributed by atoms with E-state index in [0.717, 1.165) is 38.4 Å². The van der Waals surface area contributed by atoms with Crippen LogP contribution in [0.25, 0.3) is 27.3 Å². The highest BCUT2D eigenvalue weighted by Crippen LogP contribution is 2.38. The lowest BCUT2D eigenvalue weighted by Gasteiger charge is -2.27. The van der Waals surface area contributed by atoms with Crippen LogP contribution in [0.1, 0.15) is 30.9 Å². The standard InChI is InChI=1S/C23H24N2O4/c1-4-23(26)5-6-29-13-16-12-25-11-15-7-14-8-20(27-2)21(28-3)10-18(14)24-22(15)19(25)9-17(16)23/h7-12,26H,4-6,13H2,1-3H3. The van der Waals surface area contributed by atoms with Crippen LogP contribution in [0.4, 0.5) is 0 Å². The molecule has 29 heavy (non-hydrogen) atoms. The van der Waals surface area contributed by atoms with E-state index in [1.807, 2.05) is 19.1 Å². The van der Waals surface area contributed by atoms with E-state index in [2.05, 4.69) is 28.9 Å². The highest BCUT2D eigenvalue weighted by Gasteiger charge is 2.32. The quantitative estimate of drug-likeness (QED) is 0.567. The van der Waals surface area contributed by atoms with Crippen molar-refractivity contribution in [3.05, 3.63) is 47.8 Å². The van der Waals surface area contributed by atoms with Crippen molar-refractivity contribution in [1.82, 2.24) is 9.38 Å². The summed E-state index contributed by atoms with van der Waals surface area (Å²) in [7, 11) is 3.26. The van der Waals surface area contributed by atoms with E-state index in [-0.39, 0.29) is 0 Å². The average molecular weight is 392 g/mol. The first-order chi connectivity index (χ1) is 14.1. The maximum absolute atomic E-state index is 11.2. The lowest BCUT2D eigenvalue weighted by molar-refractivity contribution is 0.00232. The first-order valence-corrected chi connectivity index (χ1v) is 9.87. The predicted molar refractivity (Wildman–Crippen MR) is 112 cm³/mol. The second kappa shape index (κ2) is 6.61. The smallest absolute Gasteiger partial charge is 0.162 e. The number of rotatable bonds is 3. The molecule has 1 aliphatic rings. The molecule has 0 radical (unpaired) electrons. The van der Waals surface area contributed by atoms with E-state index in [0.29, 0.717) is 37.6 Å². The normalized spacial score (nSPS) is 19.4. The zero-order valence-electron chi connectivity index (χ0n) is 16.9. The molecule has 1 unspecified atom stereocenters. The molecular weight excluding hydrogens is 368 g/mol. The number of hydrogen-bond donors (Lipinski definition) is 1. The summed E-state index contributed by atoms with van der Waals surface area (Å²) in [5.74, 6) is 1.34. The van der Waals surface area contributed by atoms with Gasteiger partial charge in [-0.3, -0.25) is 0 Å². The van der Waals surface area contributed by atoms with Crippen LogP contribution in [0.5, 0.6) is 11.5 Å². The number of benzene rings is 1. The van der Waals surface area contributed by atoms with Crippen molar-refractivity contribution >= 4 is 27.3 Å². The van der Waals surface area contributed by atoms with Crippen LogP contribution in [0.15, 0.2) is 36.7 Å². The van der Waals surface area contributed by atoms with Gasteiger partial charge in [0.25, 0.3) is 0 Å². The van der Waals surface area contributed by atoms with Gasteiger partial charge in [0.15, 0.2) is 11.5 Å². The van der Waals surface area contributed by atoms with Crippen molar-refractivity contribution in [3.63, 3.8) is 0 Å². The third kappa shape index (κ3) is 2.74. The number of pyridine rings is 2. The Labute approximate surface area is 168 Å². The molecule has 0 spiro atoms. The maximum Gasteiger partial charge on any atom is 0.162 e. The highest BCUT2D eigenvalue weighted by molar-refractivity contribution is 6.01. The van der Waals surface area contributed by atoms with Gasteiger partial charge in [-0.1, -0.05) is 6.92 Å². The van der Waals surface area contributed by atoms with Gasteiger partial charge in [-0.05, 0) is 30.2 Å². The van der Waals surface area contributed by atoms with E-state index >= 15 is 0 Å². The summed E-state index contributed by atoms with van der Waals surface area (Å²) in [6, 6.07) is 8.04. The van der Waals surface area contributed by atoms with Crippen molar-refractivity contribution < 1.29 is 19.3 Å². The number of nitrogens with zero attached hydrogens (tertiary/aromatic N) is 2. The molecule has 1 N–H and O–H groups in total. The van der Waals surface area contributed by atoms with Crippen molar-refractivity contribution in [2.75, 3.05) is 20.8 Å². The van der Waals surface area contributed by atoms with Crippen LogP contribution < -0.4 is 9.47 Å². The molecule has 1 atom stereocenters. The van der Waals surface area contributed by atoms with Crippen LogP contribution in [-0.4, -0.2) is 35.3 Å². The number of hydrogen-bond acceptors (Lipinski definition) is 5. The van der Waals surface area contributed by atoms with E-state index in [1.165, 1.54) is 0 Å². The first kappa shape index (κ1) is 18.2. The fourth-order valence-corrected chi connectivity index (χ4v) is 4.35. The van der Waals surface area contributed by atoms with Gasteiger partial charge < -0.3 is 23.7 Å². The molecule has 6 nitrogen and oxygen atoms in total. The number of aromatic nitrogens is 2. The van der Waals surface area contributed by atoms with E-state index in [1.54, 1.807) is 14.2 Å². The lowest BCUT2D eigenvalue weighted by Crippen LogP contribution is -2.26.